The first kappa shape index (κ1) is 59.9. The van der Waals surface area contributed by atoms with Gasteiger partial charge in [-0.1, -0.05) is 24.6 Å². The number of ether oxygens (including phenoxy) is 13. The minimum atomic E-state index is -1.47. The summed E-state index contributed by atoms with van der Waals surface area (Å²) < 4.78 is 76.8. The highest BCUT2D eigenvalue weighted by Gasteiger charge is 2.59. The number of ketones is 1. The number of carbonyl (C=O) groups is 3. The number of methoxy groups -OCH3 is 2. The maximum absolute atomic E-state index is 13.5. The molecule has 25 nitrogen and oxygen atoms in total. The molecule has 7 saturated heterocycles. The molecule has 18 atom stereocenters. The summed E-state index contributed by atoms with van der Waals surface area (Å²) in [6.45, 7) is 6.73. The third-order valence-electron chi connectivity index (χ3n) is 20.0. The Balaban J connectivity index is 0.000000133. The van der Waals surface area contributed by atoms with Gasteiger partial charge >= 0.3 is 29.0 Å². The zero-order chi connectivity index (χ0) is 61.8. The number of aliphatic hydroxyl groups excluding tert-OH is 2. The minimum Gasteiger partial charge on any atom is -0.502 e. The fourth-order valence-corrected chi connectivity index (χ4v) is 15.9. The number of carbonyl (C=O) groups excluding carboxylic acids is 3. The van der Waals surface area contributed by atoms with Crippen LogP contribution < -0.4 is 36.0 Å². The van der Waals surface area contributed by atoms with E-state index in [0.717, 1.165) is 50.7 Å². The molecule has 2 saturated carbocycles. The average molecular weight is 1250 g/mol. The lowest BCUT2D eigenvalue weighted by molar-refractivity contribution is -0.368. The van der Waals surface area contributed by atoms with Crippen LogP contribution in [0.2, 0.25) is 0 Å². The Morgan fingerprint density at radius 2 is 1.35 bits per heavy atom. The third kappa shape index (κ3) is 11.1. The lowest BCUT2D eigenvalue weighted by Crippen LogP contribution is -2.62. The molecule has 2 aromatic heterocycles. The van der Waals surface area contributed by atoms with Crippen molar-refractivity contribution in [2.45, 2.75) is 145 Å². The highest BCUT2D eigenvalue weighted by Crippen LogP contribution is 2.61. The van der Waals surface area contributed by atoms with Crippen molar-refractivity contribution in [3.05, 3.63) is 119 Å². The number of thiophene rings is 1. The summed E-state index contributed by atoms with van der Waals surface area (Å²) in [6.07, 6.45) is 3.95. The minimum absolute atomic E-state index is 0.0242. The second-order valence-electron chi connectivity index (χ2n) is 25.3. The van der Waals surface area contributed by atoms with Crippen molar-refractivity contribution in [3.63, 3.8) is 0 Å². The van der Waals surface area contributed by atoms with Gasteiger partial charge in [-0.15, -0.1) is 11.3 Å². The summed E-state index contributed by atoms with van der Waals surface area (Å²) in [6, 6.07) is 10.7. The number of rotatable bonds is 12. The van der Waals surface area contributed by atoms with Gasteiger partial charge < -0.3 is 76.9 Å². The van der Waals surface area contributed by atoms with Gasteiger partial charge in [-0.3, -0.25) is 14.4 Å². The van der Waals surface area contributed by atoms with Crippen LogP contribution in [0.4, 0.5) is 0 Å². The first-order valence-corrected chi connectivity index (χ1v) is 31.3. The highest BCUT2D eigenvalue weighted by atomic mass is 32.1. The van der Waals surface area contributed by atoms with Gasteiger partial charge in [-0.25, -0.2) is 28.1 Å². The molecular formula is C63H71N3O22S. The number of hydrogen-bond donors (Lipinski definition) is 3. The number of epoxide rings is 3. The van der Waals surface area contributed by atoms with E-state index in [-0.39, 0.29) is 98.0 Å². The Kier molecular flexibility index (Phi) is 15.8. The number of aliphatic hydroxyl groups is 2. The summed E-state index contributed by atoms with van der Waals surface area (Å²) in [7, 11) is 2.86. The normalized spacial score (nSPS) is 36.3. The Morgan fingerprint density at radius 3 is 1.96 bits per heavy atom. The largest absolute Gasteiger partial charge is 0.502 e. The summed E-state index contributed by atoms with van der Waals surface area (Å²) in [5, 5.41) is 35.0. The molecule has 16 rings (SSSR count). The second kappa shape index (κ2) is 23.5. The first-order chi connectivity index (χ1) is 42.9. The van der Waals surface area contributed by atoms with Crippen LogP contribution in [0.15, 0.2) is 80.0 Å². The lowest BCUT2D eigenvalue weighted by atomic mass is 9.49. The zero-order valence-corrected chi connectivity index (χ0v) is 50.3. The fourth-order valence-electron chi connectivity index (χ4n) is 15.2. The maximum atomic E-state index is 13.5. The number of phenolic OH excluding ortho intramolecular Hbond substituents is 1. The van der Waals surface area contributed by atoms with Crippen molar-refractivity contribution in [3.8, 4) is 28.7 Å². The molecule has 0 spiro atoms. The number of nitrogens with zero attached hydrogens (tertiary/aromatic N) is 3. The molecule has 2 aromatic carbocycles. The molecule has 1 unspecified atom stereocenters. The predicted octanol–water partition coefficient (Wildman–Crippen LogP) is 3.71. The Bertz CT molecular complexity index is 3520. The summed E-state index contributed by atoms with van der Waals surface area (Å²) >= 11 is 1.46. The van der Waals surface area contributed by atoms with Gasteiger partial charge in [0.2, 0.25) is 12.5 Å². The molecule has 0 amide bonds. The molecule has 8 aliphatic heterocycles. The molecule has 4 aromatic rings. The summed E-state index contributed by atoms with van der Waals surface area (Å²) in [4.78, 5) is 74.9. The standard InChI is InChI=1S/C32H32O13S.C19H24O3.C12H15N3O6/c1-37-19-6-13(7-20(38-2)25(19)33)23-14-8-17-18(42-12-41-17)9-15(14)28(16-10-39-30(36)24(16)23)44-32-27(35)26(34)29-21(43-32)11-40-31(45-29)22-4-3-5-46-22;1-18-9-7-13(20)11-12(18)3-4-14-15(18)8-10-19(2)16(14)5-6-17(21)22-19;16-10-13(1-7-4-19-7)11(17)15(3-9-6-21-9)12(18)14(10)2-8-5-20-8/h3-9,16,21,23-24,26-29,31-35H,10-12H2,1-2H3;7,9,11,14-16H,3-6,8,10H2,1-2H3;7-9H,1-6H2/t16-,21+,23+,24-,26+,27+,28+,29+,31?,32-;14-,15+,16+,18+,19+;7-,8-,9+/m010/s1. The Hall–Kier alpha value is -6.72. The monoisotopic (exact) mass is 1250 g/mol. The number of phenols is 1. The van der Waals surface area contributed by atoms with E-state index < -0.39 is 83.9 Å². The maximum Gasteiger partial charge on any atom is 0.336 e. The number of aromatic nitrogens is 3. The third-order valence-corrected chi connectivity index (χ3v) is 20.9. The molecule has 3 N–H and O–H groups in total. The molecule has 476 valence electrons. The lowest BCUT2D eigenvalue weighted by Gasteiger charge is -2.58. The van der Waals surface area contributed by atoms with Crippen molar-refractivity contribution >= 4 is 29.1 Å². The molecular weight excluding hydrogens is 1180 g/mol. The van der Waals surface area contributed by atoms with Gasteiger partial charge in [0.05, 0.1) is 102 Å². The molecule has 26 heteroatoms. The van der Waals surface area contributed by atoms with Gasteiger partial charge in [0.1, 0.15) is 30.0 Å². The van der Waals surface area contributed by atoms with Crippen LogP contribution >= 0.6 is 11.3 Å². The summed E-state index contributed by atoms with van der Waals surface area (Å²) in [5.74, 6) is 0.687. The van der Waals surface area contributed by atoms with Crippen LogP contribution in [0.3, 0.4) is 0 Å². The van der Waals surface area contributed by atoms with Crippen molar-refractivity contribution in [1.82, 2.24) is 13.7 Å². The van der Waals surface area contributed by atoms with Gasteiger partial charge in [0.15, 0.2) is 41.4 Å². The van der Waals surface area contributed by atoms with Crippen molar-refractivity contribution in [1.29, 1.82) is 0 Å². The molecule has 4 aliphatic carbocycles. The Labute approximate surface area is 513 Å². The van der Waals surface area contributed by atoms with Crippen LogP contribution in [0, 0.1) is 35.0 Å². The van der Waals surface area contributed by atoms with Gasteiger partial charge in [-0.2, -0.15) is 0 Å². The number of cyclic esters (lactones) is 1. The zero-order valence-electron chi connectivity index (χ0n) is 49.5. The van der Waals surface area contributed by atoms with Crippen LogP contribution in [-0.2, 0) is 76.6 Å². The van der Waals surface area contributed by atoms with E-state index in [4.69, 9.17) is 61.6 Å². The van der Waals surface area contributed by atoms with E-state index in [0.29, 0.717) is 72.2 Å². The average Bonchev–Trinajstić information content (AvgIpc) is 1.38. The molecule has 9 fully saturated rings. The van der Waals surface area contributed by atoms with E-state index in [1.807, 2.05) is 29.7 Å². The molecule has 12 aliphatic rings. The molecule has 0 bridgehead atoms. The van der Waals surface area contributed by atoms with Crippen molar-refractivity contribution < 1.29 is 91.3 Å². The van der Waals surface area contributed by atoms with E-state index in [2.05, 4.69) is 19.9 Å². The van der Waals surface area contributed by atoms with Crippen LogP contribution in [0.1, 0.15) is 92.3 Å². The molecule has 89 heavy (non-hydrogen) atoms. The number of esters is 2. The smallest absolute Gasteiger partial charge is 0.336 e. The number of benzene rings is 2. The fraction of sp³-hybridized carbons (Fsp3) is 0.587. The van der Waals surface area contributed by atoms with Gasteiger partial charge in [0, 0.05) is 29.6 Å². The van der Waals surface area contributed by atoms with Gasteiger partial charge in [0.25, 0.3) is 0 Å². The van der Waals surface area contributed by atoms with E-state index in [1.165, 1.54) is 31.1 Å². The van der Waals surface area contributed by atoms with Crippen LogP contribution in [-0.4, -0.2) is 155 Å². The Morgan fingerprint density at radius 1 is 0.708 bits per heavy atom. The SMILES string of the molecule is COc1cc([C@@H]2c3cc4c(cc3[C@@H](O[C@@H]3O[C@@H]5COC(c6cccs6)O[C@H]5[C@H](O)[C@H]3O)[C@H]3COC(=O)[C@H]23)OCO4)cc(OC)c1O.C[C@]12C=CC(=O)C=C1CC[C@@H]1[C@@H]2CC[C@]2(C)OC(=O)CC[C@@H]12.O=c1n(C[C@H]2CO2)c(=O)n(C[C@@H]2CO2)c(=O)n1C[C@H]1CO1. The topological polar surface area (TPSA) is 308 Å². The number of aromatic hydroxyl groups is 1. The molecule has 10 heterocycles. The predicted molar refractivity (Wildman–Crippen MR) is 307 cm³/mol. The first-order valence-electron chi connectivity index (χ1n) is 30.4. The quantitative estimate of drug-likeness (QED) is 0.134. The number of allylic oxidation sites excluding steroid dienone is 4. The number of fused-ring (bicyclic) bond motifs is 9. The molecule has 0 radical (unpaired) electrons. The summed E-state index contributed by atoms with van der Waals surface area (Å²) in [5.41, 5.74) is 1.30. The highest BCUT2D eigenvalue weighted by molar-refractivity contribution is 7.10. The van der Waals surface area contributed by atoms with Crippen LogP contribution in [0.25, 0.3) is 0 Å². The van der Waals surface area contributed by atoms with E-state index >= 15 is 0 Å². The van der Waals surface area contributed by atoms with E-state index in [9.17, 15) is 44.1 Å². The van der Waals surface area contributed by atoms with Gasteiger partial charge in [-0.05, 0) is 115 Å². The van der Waals surface area contributed by atoms with Crippen LogP contribution in [0.5, 0.6) is 28.7 Å². The second-order valence-corrected chi connectivity index (χ2v) is 26.3. The van der Waals surface area contributed by atoms with E-state index in [1.54, 1.807) is 24.3 Å². The van der Waals surface area contributed by atoms with Crippen molar-refractivity contribution in [2.24, 2.45) is 35.0 Å². The van der Waals surface area contributed by atoms with Crippen molar-refractivity contribution in [2.75, 3.05) is 54.0 Å². The number of hydrogen-bond acceptors (Lipinski definition) is 23.